The van der Waals surface area contributed by atoms with Crippen LogP contribution in [0.5, 0.6) is 0 Å². The second kappa shape index (κ2) is 7.86. The number of furan rings is 1. The Labute approximate surface area is 162 Å². The summed E-state index contributed by atoms with van der Waals surface area (Å²) in [4.78, 5) is 25.8. The summed E-state index contributed by atoms with van der Waals surface area (Å²) in [5.41, 5.74) is 2.07. The van der Waals surface area contributed by atoms with Crippen LogP contribution in [-0.4, -0.2) is 41.0 Å². The number of carbonyl (C=O) groups is 2. The molecule has 1 amide bonds. The first kappa shape index (κ1) is 18.3. The van der Waals surface area contributed by atoms with Crippen molar-refractivity contribution in [3.63, 3.8) is 0 Å². The van der Waals surface area contributed by atoms with Crippen LogP contribution in [0.2, 0.25) is 0 Å². The van der Waals surface area contributed by atoms with Crippen molar-refractivity contribution in [3.8, 4) is 0 Å². The summed E-state index contributed by atoms with van der Waals surface area (Å²) in [5.74, 6) is -0.769. The molecule has 0 saturated carbocycles. The van der Waals surface area contributed by atoms with Crippen LogP contribution in [0.4, 0.5) is 0 Å². The van der Waals surface area contributed by atoms with E-state index in [1.165, 1.54) is 0 Å². The van der Waals surface area contributed by atoms with Crippen LogP contribution in [0.3, 0.4) is 0 Å². The third-order valence-electron chi connectivity index (χ3n) is 5.10. The number of piperidine rings is 1. The van der Waals surface area contributed by atoms with E-state index in [1.54, 1.807) is 18.2 Å². The number of fused-ring (bicyclic) bond motifs is 1. The van der Waals surface area contributed by atoms with Gasteiger partial charge in [0, 0.05) is 24.5 Å². The molecule has 1 atom stereocenters. The van der Waals surface area contributed by atoms with Crippen molar-refractivity contribution in [1.29, 1.82) is 0 Å². The van der Waals surface area contributed by atoms with Crippen LogP contribution in [0.25, 0.3) is 11.0 Å². The molecular formula is C22H22N2O4. The van der Waals surface area contributed by atoms with Gasteiger partial charge in [0.1, 0.15) is 5.58 Å². The fourth-order valence-corrected chi connectivity index (χ4v) is 3.68. The number of carbonyl (C=O) groups excluding carboxylic acids is 1. The maximum Gasteiger partial charge on any atom is 0.335 e. The van der Waals surface area contributed by atoms with Crippen molar-refractivity contribution in [1.82, 2.24) is 10.2 Å². The summed E-state index contributed by atoms with van der Waals surface area (Å²) in [5, 5.41) is 13.0. The Balaban J connectivity index is 1.36. The summed E-state index contributed by atoms with van der Waals surface area (Å²) in [6.45, 7) is 2.45. The first-order valence-electron chi connectivity index (χ1n) is 9.42. The number of aromatic carboxylic acids is 1. The van der Waals surface area contributed by atoms with Crippen molar-refractivity contribution in [3.05, 3.63) is 71.5 Å². The fourth-order valence-electron chi connectivity index (χ4n) is 3.68. The minimum absolute atomic E-state index is 0.0627. The molecule has 1 aliphatic rings. The Hall–Kier alpha value is -3.12. The van der Waals surface area contributed by atoms with Gasteiger partial charge in [-0.05, 0) is 49.2 Å². The van der Waals surface area contributed by atoms with Crippen molar-refractivity contribution in [2.45, 2.75) is 25.4 Å². The Kier molecular flexibility index (Phi) is 5.12. The summed E-state index contributed by atoms with van der Waals surface area (Å²) in [6.07, 6.45) is 1.93. The summed E-state index contributed by atoms with van der Waals surface area (Å²) in [6, 6.07) is 16.4. The molecule has 0 radical (unpaired) electrons. The van der Waals surface area contributed by atoms with Crippen molar-refractivity contribution < 1.29 is 19.1 Å². The van der Waals surface area contributed by atoms with Crippen LogP contribution in [0.15, 0.2) is 59.0 Å². The summed E-state index contributed by atoms with van der Waals surface area (Å²) < 4.78 is 5.65. The molecule has 1 aromatic heterocycles. The molecule has 0 spiro atoms. The Morgan fingerprint density at radius 3 is 2.68 bits per heavy atom. The number of rotatable bonds is 5. The Bertz CT molecular complexity index is 960. The maximum atomic E-state index is 12.6. The highest BCUT2D eigenvalue weighted by molar-refractivity contribution is 5.96. The molecule has 1 saturated heterocycles. The second-order valence-electron chi connectivity index (χ2n) is 7.20. The largest absolute Gasteiger partial charge is 0.478 e. The fraction of sp³-hybridized carbons (Fsp3) is 0.273. The average Bonchev–Trinajstić information content (AvgIpc) is 3.13. The van der Waals surface area contributed by atoms with Gasteiger partial charge in [0.05, 0.1) is 5.56 Å². The van der Waals surface area contributed by atoms with Gasteiger partial charge in [-0.15, -0.1) is 0 Å². The van der Waals surface area contributed by atoms with Gasteiger partial charge in [-0.2, -0.15) is 0 Å². The van der Waals surface area contributed by atoms with Gasteiger partial charge in [0.25, 0.3) is 5.91 Å². The molecule has 1 aliphatic heterocycles. The third-order valence-corrected chi connectivity index (χ3v) is 5.10. The molecule has 4 rings (SSSR count). The minimum atomic E-state index is -0.919. The SMILES string of the molecule is O=C(O)c1ccc(CN2CCCC(NC(=O)c3cc4ccccc4o3)C2)cc1. The molecule has 0 bridgehead atoms. The minimum Gasteiger partial charge on any atom is -0.478 e. The maximum absolute atomic E-state index is 12.6. The molecule has 144 valence electrons. The van der Waals surface area contributed by atoms with Gasteiger partial charge in [-0.1, -0.05) is 30.3 Å². The van der Waals surface area contributed by atoms with E-state index in [0.29, 0.717) is 16.9 Å². The number of benzene rings is 2. The molecule has 1 unspecified atom stereocenters. The Morgan fingerprint density at radius 1 is 1.14 bits per heavy atom. The van der Waals surface area contributed by atoms with E-state index >= 15 is 0 Å². The zero-order valence-corrected chi connectivity index (χ0v) is 15.4. The van der Waals surface area contributed by atoms with Crippen LogP contribution in [0, 0.1) is 0 Å². The first-order valence-corrected chi connectivity index (χ1v) is 9.42. The lowest BCUT2D eigenvalue weighted by molar-refractivity contribution is 0.0696. The highest BCUT2D eigenvalue weighted by Gasteiger charge is 2.23. The van der Waals surface area contributed by atoms with E-state index in [-0.39, 0.29) is 11.9 Å². The molecule has 6 heteroatoms. The molecular weight excluding hydrogens is 356 g/mol. The molecule has 3 aromatic rings. The smallest absolute Gasteiger partial charge is 0.335 e. The van der Waals surface area contributed by atoms with Gasteiger partial charge in [-0.25, -0.2) is 4.79 Å². The van der Waals surface area contributed by atoms with Gasteiger partial charge in [-0.3, -0.25) is 9.69 Å². The van der Waals surface area contributed by atoms with E-state index in [9.17, 15) is 9.59 Å². The van der Waals surface area contributed by atoms with Crippen molar-refractivity contribution in [2.24, 2.45) is 0 Å². The van der Waals surface area contributed by atoms with Crippen molar-refractivity contribution >= 4 is 22.8 Å². The molecule has 2 heterocycles. The van der Waals surface area contributed by atoms with Gasteiger partial charge < -0.3 is 14.8 Å². The lowest BCUT2D eigenvalue weighted by Crippen LogP contribution is -2.47. The highest BCUT2D eigenvalue weighted by atomic mass is 16.4. The van der Waals surface area contributed by atoms with Crippen molar-refractivity contribution in [2.75, 3.05) is 13.1 Å². The molecule has 2 N–H and O–H groups in total. The number of para-hydroxylation sites is 1. The predicted molar refractivity (Wildman–Crippen MR) is 105 cm³/mol. The standard InChI is InChI=1S/C22H22N2O4/c25-21(20-12-17-4-1-2-6-19(17)28-20)23-18-5-3-11-24(14-18)13-15-7-9-16(10-8-15)22(26)27/h1-2,4,6-10,12,18H,3,5,11,13-14H2,(H,23,25)(H,26,27). The van der Waals surface area contributed by atoms with Crippen LogP contribution in [-0.2, 0) is 6.54 Å². The molecule has 28 heavy (non-hydrogen) atoms. The quantitative estimate of drug-likeness (QED) is 0.710. The highest BCUT2D eigenvalue weighted by Crippen LogP contribution is 2.20. The number of nitrogens with one attached hydrogen (secondary N) is 1. The number of nitrogens with zero attached hydrogens (tertiary/aromatic N) is 1. The number of amides is 1. The monoisotopic (exact) mass is 378 g/mol. The van der Waals surface area contributed by atoms with Crippen LogP contribution >= 0.6 is 0 Å². The zero-order valence-electron chi connectivity index (χ0n) is 15.4. The molecule has 1 fully saturated rings. The van der Waals surface area contributed by atoms with E-state index in [0.717, 1.165) is 43.4 Å². The number of carboxylic acid groups (broad SMARTS) is 1. The predicted octanol–water partition coefficient (Wildman–Crippen LogP) is 3.53. The lowest BCUT2D eigenvalue weighted by atomic mass is 10.0. The first-order chi connectivity index (χ1) is 13.6. The summed E-state index contributed by atoms with van der Waals surface area (Å²) in [7, 11) is 0. The van der Waals surface area contributed by atoms with E-state index in [4.69, 9.17) is 9.52 Å². The van der Waals surface area contributed by atoms with E-state index in [2.05, 4.69) is 10.2 Å². The van der Waals surface area contributed by atoms with Gasteiger partial charge >= 0.3 is 5.97 Å². The van der Waals surface area contributed by atoms with E-state index in [1.807, 2.05) is 36.4 Å². The van der Waals surface area contributed by atoms with Gasteiger partial charge in [0.2, 0.25) is 0 Å². The Morgan fingerprint density at radius 2 is 1.93 bits per heavy atom. The van der Waals surface area contributed by atoms with E-state index < -0.39 is 5.97 Å². The number of hydrogen-bond acceptors (Lipinski definition) is 4. The second-order valence-corrected chi connectivity index (χ2v) is 7.20. The lowest BCUT2D eigenvalue weighted by Gasteiger charge is -2.33. The molecule has 2 aromatic carbocycles. The normalized spacial score (nSPS) is 17.5. The molecule has 0 aliphatic carbocycles. The average molecular weight is 378 g/mol. The third kappa shape index (κ3) is 4.07. The van der Waals surface area contributed by atoms with Crippen LogP contribution in [0.1, 0.15) is 39.3 Å². The number of hydrogen-bond donors (Lipinski definition) is 2. The number of likely N-dealkylation sites (tertiary alicyclic amines) is 1. The van der Waals surface area contributed by atoms with Crippen LogP contribution < -0.4 is 5.32 Å². The topological polar surface area (TPSA) is 82.8 Å². The summed E-state index contributed by atoms with van der Waals surface area (Å²) >= 11 is 0. The number of carboxylic acids is 1. The zero-order chi connectivity index (χ0) is 19.5. The van der Waals surface area contributed by atoms with Gasteiger partial charge in [0.15, 0.2) is 5.76 Å². The molecule has 6 nitrogen and oxygen atoms in total.